The average Bonchev–Trinajstić information content (AvgIpc) is 2.99. The third kappa shape index (κ3) is 1.28. The highest BCUT2D eigenvalue weighted by atomic mass is 19.1. The minimum absolute atomic E-state index is 0.116. The third-order valence-electron chi connectivity index (χ3n) is 2.69. The molecular formula is C11H10FNO. The van der Waals surface area contributed by atoms with E-state index in [0.29, 0.717) is 11.1 Å². The van der Waals surface area contributed by atoms with Crippen LogP contribution in [0.5, 0.6) is 0 Å². The van der Waals surface area contributed by atoms with Crippen molar-refractivity contribution in [1.29, 1.82) is 5.26 Å². The zero-order chi connectivity index (χ0) is 10.2. The molecule has 1 aromatic carbocycles. The molecule has 14 heavy (non-hydrogen) atoms. The Morgan fingerprint density at radius 3 is 2.71 bits per heavy atom. The number of nitrogens with zero attached hydrogens (tertiary/aromatic N) is 1. The lowest BCUT2D eigenvalue weighted by molar-refractivity contribution is 0.281. The number of aliphatic hydroxyl groups excluding tert-OH is 1. The van der Waals surface area contributed by atoms with Gasteiger partial charge in [0.05, 0.1) is 18.1 Å². The Morgan fingerprint density at radius 2 is 2.21 bits per heavy atom. The molecule has 0 radical (unpaired) electrons. The lowest BCUT2D eigenvalue weighted by atomic mass is 9.95. The summed E-state index contributed by atoms with van der Waals surface area (Å²) >= 11 is 0. The lowest BCUT2D eigenvalue weighted by Gasteiger charge is -2.08. The monoisotopic (exact) mass is 191 g/mol. The van der Waals surface area contributed by atoms with Crippen LogP contribution in [0, 0.1) is 17.1 Å². The van der Waals surface area contributed by atoms with Crippen LogP contribution in [0.25, 0.3) is 0 Å². The van der Waals surface area contributed by atoms with Crippen LogP contribution >= 0.6 is 0 Å². The van der Waals surface area contributed by atoms with E-state index in [0.717, 1.165) is 12.8 Å². The topological polar surface area (TPSA) is 44.0 Å². The van der Waals surface area contributed by atoms with E-state index in [2.05, 4.69) is 6.07 Å². The van der Waals surface area contributed by atoms with Gasteiger partial charge in [-0.3, -0.25) is 0 Å². The Kier molecular flexibility index (Phi) is 2.01. The number of hydrogen-bond acceptors (Lipinski definition) is 2. The molecule has 1 saturated carbocycles. The van der Waals surface area contributed by atoms with Gasteiger partial charge in [-0.2, -0.15) is 5.26 Å². The van der Waals surface area contributed by atoms with Crippen molar-refractivity contribution in [3.8, 4) is 6.07 Å². The lowest BCUT2D eigenvalue weighted by Crippen LogP contribution is -2.06. The maximum absolute atomic E-state index is 13.4. The Morgan fingerprint density at radius 1 is 1.50 bits per heavy atom. The van der Waals surface area contributed by atoms with Gasteiger partial charge in [-0.1, -0.05) is 6.07 Å². The number of rotatable bonds is 2. The van der Waals surface area contributed by atoms with Gasteiger partial charge in [-0.15, -0.1) is 0 Å². The summed E-state index contributed by atoms with van der Waals surface area (Å²) in [6.45, 7) is -0.116. The van der Waals surface area contributed by atoms with Gasteiger partial charge in [0.1, 0.15) is 5.82 Å². The largest absolute Gasteiger partial charge is 0.392 e. The van der Waals surface area contributed by atoms with Gasteiger partial charge in [0, 0.05) is 5.56 Å². The molecule has 1 fully saturated rings. The van der Waals surface area contributed by atoms with Crippen LogP contribution in [0.1, 0.15) is 24.0 Å². The van der Waals surface area contributed by atoms with Crippen molar-refractivity contribution in [1.82, 2.24) is 0 Å². The van der Waals surface area contributed by atoms with Crippen molar-refractivity contribution in [3.05, 3.63) is 35.1 Å². The molecule has 0 saturated heterocycles. The van der Waals surface area contributed by atoms with Gasteiger partial charge < -0.3 is 5.11 Å². The highest BCUT2D eigenvalue weighted by Gasteiger charge is 2.46. The first-order valence-electron chi connectivity index (χ1n) is 4.53. The zero-order valence-electron chi connectivity index (χ0n) is 7.63. The fraction of sp³-hybridized carbons (Fsp3) is 0.364. The summed E-state index contributed by atoms with van der Waals surface area (Å²) in [6.07, 6.45) is 1.44. The number of aliphatic hydroxyl groups is 1. The summed E-state index contributed by atoms with van der Waals surface area (Å²) in [5, 5.41) is 17.8. The molecule has 0 aromatic heterocycles. The molecular weight excluding hydrogens is 181 g/mol. The molecule has 2 rings (SSSR count). The maximum atomic E-state index is 13.4. The predicted molar refractivity (Wildman–Crippen MR) is 48.8 cm³/mol. The van der Waals surface area contributed by atoms with Crippen molar-refractivity contribution in [2.24, 2.45) is 0 Å². The quantitative estimate of drug-likeness (QED) is 0.775. The molecule has 1 N–H and O–H groups in total. The second-order valence-electron chi connectivity index (χ2n) is 3.67. The fourth-order valence-corrected chi connectivity index (χ4v) is 1.60. The molecule has 72 valence electrons. The van der Waals surface area contributed by atoms with Gasteiger partial charge in [0.2, 0.25) is 0 Å². The van der Waals surface area contributed by atoms with Crippen LogP contribution < -0.4 is 0 Å². The van der Waals surface area contributed by atoms with Gasteiger partial charge in [-0.25, -0.2) is 4.39 Å². The van der Waals surface area contributed by atoms with E-state index in [1.807, 2.05) is 0 Å². The Balaban J connectivity index is 2.47. The maximum Gasteiger partial charge on any atom is 0.128 e. The van der Waals surface area contributed by atoms with Crippen molar-refractivity contribution in [2.75, 3.05) is 0 Å². The Bertz CT molecular complexity index is 404. The number of benzene rings is 1. The summed E-state index contributed by atoms with van der Waals surface area (Å²) in [7, 11) is 0. The van der Waals surface area contributed by atoms with Gasteiger partial charge in [-0.05, 0) is 30.5 Å². The smallest absolute Gasteiger partial charge is 0.128 e. The molecule has 0 spiro atoms. The molecule has 1 aliphatic rings. The third-order valence-corrected chi connectivity index (χ3v) is 2.69. The second kappa shape index (κ2) is 3.07. The average molecular weight is 191 g/mol. The van der Waals surface area contributed by atoms with E-state index in [9.17, 15) is 4.39 Å². The molecule has 2 nitrogen and oxygen atoms in total. The van der Waals surface area contributed by atoms with E-state index < -0.39 is 5.41 Å². The first-order chi connectivity index (χ1) is 6.72. The fourth-order valence-electron chi connectivity index (χ4n) is 1.60. The Hall–Kier alpha value is -1.40. The first-order valence-corrected chi connectivity index (χ1v) is 4.53. The van der Waals surface area contributed by atoms with Crippen molar-refractivity contribution in [2.45, 2.75) is 24.9 Å². The van der Waals surface area contributed by atoms with E-state index >= 15 is 0 Å². The number of nitriles is 1. The van der Waals surface area contributed by atoms with Gasteiger partial charge in [0.25, 0.3) is 0 Å². The van der Waals surface area contributed by atoms with E-state index in [4.69, 9.17) is 10.4 Å². The summed E-state index contributed by atoms with van der Waals surface area (Å²) in [5.41, 5.74) is 0.476. The standard InChI is InChI=1S/C11H10FNO/c12-10-2-1-8(6-14)5-9(10)11(7-13)3-4-11/h1-2,5,14H,3-4,6H2. The molecule has 0 bridgehead atoms. The van der Waals surface area contributed by atoms with Crippen molar-refractivity contribution >= 4 is 0 Å². The van der Waals surface area contributed by atoms with Crippen LogP contribution in [0.15, 0.2) is 18.2 Å². The summed E-state index contributed by atoms with van der Waals surface area (Å²) in [6, 6.07) is 6.58. The normalized spacial score (nSPS) is 17.5. The minimum Gasteiger partial charge on any atom is -0.392 e. The zero-order valence-corrected chi connectivity index (χ0v) is 7.63. The molecule has 0 heterocycles. The summed E-state index contributed by atoms with van der Waals surface area (Å²) < 4.78 is 13.4. The predicted octanol–water partition coefficient (Wildman–Crippen LogP) is 1.87. The molecule has 3 heteroatoms. The Labute approximate surface area is 81.6 Å². The molecule has 0 aliphatic heterocycles. The SMILES string of the molecule is N#CC1(c2cc(CO)ccc2F)CC1. The van der Waals surface area contributed by atoms with E-state index in [1.54, 1.807) is 6.07 Å². The molecule has 0 amide bonds. The van der Waals surface area contributed by atoms with E-state index in [1.165, 1.54) is 12.1 Å². The molecule has 1 aromatic rings. The highest BCUT2D eigenvalue weighted by Crippen LogP contribution is 2.48. The van der Waals surface area contributed by atoms with Gasteiger partial charge in [0.15, 0.2) is 0 Å². The minimum atomic E-state index is -0.616. The van der Waals surface area contributed by atoms with Crippen molar-refractivity contribution < 1.29 is 9.50 Å². The van der Waals surface area contributed by atoms with Crippen LogP contribution in [0.2, 0.25) is 0 Å². The summed E-state index contributed by atoms with van der Waals surface area (Å²) in [4.78, 5) is 0. The van der Waals surface area contributed by atoms with Crippen LogP contribution in [0.3, 0.4) is 0 Å². The van der Waals surface area contributed by atoms with Crippen LogP contribution in [-0.2, 0) is 12.0 Å². The second-order valence-corrected chi connectivity index (χ2v) is 3.67. The molecule has 0 atom stereocenters. The van der Waals surface area contributed by atoms with E-state index in [-0.39, 0.29) is 12.4 Å². The first kappa shape index (κ1) is 9.17. The number of hydrogen-bond donors (Lipinski definition) is 1. The van der Waals surface area contributed by atoms with Gasteiger partial charge >= 0.3 is 0 Å². The van der Waals surface area contributed by atoms with Crippen LogP contribution in [0.4, 0.5) is 4.39 Å². The number of halogens is 1. The molecule has 0 unspecified atom stereocenters. The van der Waals surface area contributed by atoms with Crippen LogP contribution in [-0.4, -0.2) is 5.11 Å². The highest BCUT2D eigenvalue weighted by molar-refractivity contribution is 5.41. The molecule has 1 aliphatic carbocycles. The van der Waals surface area contributed by atoms with Crippen molar-refractivity contribution in [3.63, 3.8) is 0 Å². The summed E-state index contributed by atoms with van der Waals surface area (Å²) in [5.74, 6) is -0.346.